The van der Waals surface area contributed by atoms with Crippen molar-refractivity contribution in [3.63, 3.8) is 0 Å². The lowest BCUT2D eigenvalue weighted by Gasteiger charge is -2.30. The third-order valence-electron chi connectivity index (χ3n) is 4.56. The molecule has 21 heavy (non-hydrogen) atoms. The maximum Gasteiger partial charge on any atom is 0.417 e. The topological polar surface area (TPSA) is 27.0 Å². The Labute approximate surface area is 121 Å². The highest BCUT2D eigenvalue weighted by atomic mass is 19.4. The number of hydrogen-bond acceptors (Lipinski definition) is 2. The molecule has 0 aromatic heterocycles. The Bertz CT molecular complexity index is 640. The smallest absolute Gasteiger partial charge is 0.297 e. The Hall–Kier alpha value is -1.80. The Morgan fingerprint density at radius 1 is 1.29 bits per heavy atom. The molecule has 110 valence electrons. The minimum absolute atomic E-state index is 0.317. The van der Waals surface area contributed by atoms with E-state index in [2.05, 4.69) is 18.0 Å². The fourth-order valence-corrected chi connectivity index (χ4v) is 3.33. The molecule has 0 spiro atoms. The number of likely N-dealkylation sites (N-methyl/N-ethyl adjacent to an activating group) is 1. The first-order valence-corrected chi connectivity index (χ1v) is 6.94. The van der Waals surface area contributed by atoms with E-state index in [1.165, 1.54) is 6.07 Å². The van der Waals surface area contributed by atoms with Gasteiger partial charge in [-0.25, -0.2) is 0 Å². The van der Waals surface area contributed by atoms with E-state index in [1.807, 2.05) is 0 Å². The number of benzene rings is 1. The monoisotopic (exact) mass is 292 g/mol. The Kier molecular flexibility index (Phi) is 3.29. The molecule has 0 aliphatic carbocycles. The predicted octanol–water partition coefficient (Wildman–Crippen LogP) is 3.83. The highest BCUT2D eigenvalue weighted by molar-refractivity contribution is 5.69. The lowest BCUT2D eigenvalue weighted by molar-refractivity contribution is -0.137. The van der Waals surface area contributed by atoms with Crippen LogP contribution in [0.15, 0.2) is 24.3 Å². The molecule has 2 bridgehead atoms. The zero-order valence-corrected chi connectivity index (χ0v) is 11.6. The van der Waals surface area contributed by atoms with E-state index in [0.29, 0.717) is 17.6 Å². The van der Waals surface area contributed by atoms with Gasteiger partial charge in [0.1, 0.15) is 0 Å². The summed E-state index contributed by atoms with van der Waals surface area (Å²) < 4.78 is 39.1. The number of fused-ring (bicyclic) bond motifs is 2. The number of alkyl halides is 3. The summed E-state index contributed by atoms with van der Waals surface area (Å²) in [7, 11) is 2.07. The van der Waals surface area contributed by atoms with Crippen LogP contribution in [0, 0.1) is 11.3 Å². The first kappa shape index (κ1) is 14.2. The van der Waals surface area contributed by atoms with Crippen LogP contribution in [0.3, 0.4) is 0 Å². The highest BCUT2D eigenvalue weighted by Gasteiger charge is 2.36. The molecule has 1 fully saturated rings. The molecule has 0 N–H and O–H groups in total. The summed E-state index contributed by atoms with van der Waals surface area (Å²) >= 11 is 0. The first-order valence-electron chi connectivity index (χ1n) is 6.94. The molecule has 0 radical (unpaired) electrons. The van der Waals surface area contributed by atoms with Gasteiger partial charge in [0.2, 0.25) is 0 Å². The summed E-state index contributed by atoms with van der Waals surface area (Å²) in [5, 5.41) is 8.84. The van der Waals surface area contributed by atoms with E-state index >= 15 is 0 Å². The molecular weight excluding hydrogens is 277 g/mol. The van der Waals surface area contributed by atoms with Gasteiger partial charge in [-0.05, 0) is 49.6 Å². The van der Waals surface area contributed by atoms with Crippen LogP contribution in [0.4, 0.5) is 13.2 Å². The van der Waals surface area contributed by atoms with Crippen LogP contribution in [0.1, 0.15) is 36.0 Å². The Morgan fingerprint density at radius 3 is 2.67 bits per heavy atom. The first-order chi connectivity index (χ1) is 9.90. The summed E-state index contributed by atoms with van der Waals surface area (Å²) in [6.07, 6.45) is 0.504. The number of halogens is 3. The van der Waals surface area contributed by atoms with Crippen molar-refractivity contribution in [2.24, 2.45) is 0 Å². The van der Waals surface area contributed by atoms with Gasteiger partial charge in [-0.1, -0.05) is 12.1 Å². The Morgan fingerprint density at radius 2 is 2.05 bits per heavy atom. The maximum absolute atomic E-state index is 13.0. The van der Waals surface area contributed by atoms with Gasteiger partial charge >= 0.3 is 6.18 Å². The normalized spacial score (nSPS) is 25.6. The largest absolute Gasteiger partial charge is 0.417 e. The van der Waals surface area contributed by atoms with E-state index in [-0.39, 0.29) is 5.56 Å². The van der Waals surface area contributed by atoms with Gasteiger partial charge in [0.25, 0.3) is 0 Å². The second-order valence-corrected chi connectivity index (χ2v) is 5.73. The average molecular weight is 292 g/mol. The highest BCUT2D eigenvalue weighted by Crippen LogP contribution is 2.39. The van der Waals surface area contributed by atoms with Crippen molar-refractivity contribution in [3.05, 3.63) is 41.0 Å². The van der Waals surface area contributed by atoms with Crippen LogP contribution in [0.25, 0.3) is 5.57 Å². The maximum atomic E-state index is 13.0. The third-order valence-corrected chi connectivity index (χ3v) is 4.56. The molecule has 0 saturated carbocycles. The molecule has 2 nitrogen and oxygen atoms in total. The number of nitriles is 1. The minimum Gasteiger partial charge on any atom is -0.297 e. The molecule has 2 atom stereocenters. The molecule has 2 unspecified atom stereocenters. The third kappa shape index (κ3) is 2.44. The van der Waals surface area contributed by atoms with Crippen molar-refractivity contribution in [1.82, 2.24) is 4.90 Å². The molecule has 5 heteroatoms. The average Bonchev–Trinajstić information content (AvgIpc) is 2.66. The number of rotatable bonds is 1. The zero-order valence-electron chi connectivity index (χ0n) is 11.6. The van der Waals surface area contributed by atoms with Crippen LogP contribution in [0.2, 0.25) is 0 Å². The molecule has 1 aromatic carbocycles. The van der Waals surface area contributed by atoms with E-state index in [4.69, 9.17) is 5.26 Å². The van der Waals surface area contributed by atoms with Crippen LogP contribution in [0.5, 0.6) is 0 Å². The molecule has 2 heterocycles. The van der Waals surface area contributed by atoms with Crippen molar-refractivity contribution in [3.8, 4) is 6.07 Å². The van der Waals surface area contributed by atoms with Gasteiger partial charge in [0.05, 0.1) is 17.2 Å². The minimum atomic E-state index is -4.49. The van der Waals surface area contributed by atoms with E-state index in [1.54, 1.807) is 12.1 Å². The van der Waals surface area contributed by atoms with E-state index in [9.17, 15) is 13.2 Å². The SMILES string of the molecule is CN1C2C=C(c3ccc(C#N)c(C(F)(F)F)c3)CC1CC2. The standard InChI is InChI=1S/C16H15F3N2/c1-21-13-4-5-14(21)7-12(6-13)10-2-3-11(9-20)15(8-10)16(17,18)19/h2-3,6,8,13-14H,4-5,7H2,1H3. The molecule has 2 aliphatic heterocycles. The van der Waals surface area contributed by atoms with Crippen LogP contribution >= 0.6 is 0 Å². The molecular formula is C16H15F3N2. The summed E-state index contributed by atoms with van der Waals surface area (Å²) in [6.45, 7) is 0. The fourth-order valence-electron chi connectivity index (χ4n) is 3.33. The van der Waals surface area contributed by atoms with Gasteiger partial charge in [0.15, 0.2) is 0 Å². The van der Waals surface area contributed by atoms with Crippen molar-refractivity contribution in [1.29, 1.82) is 5.26 Å². The van der Waals surface area contributed by atoms with Crippen LogP contribution < -0.4 is 0 Å². The summed E-state index contributed by atoms with van der Waals surface area (Å²) in [6, 6.07) is 6.39. The van der Waals surface area contributed by atoms with Gasteiger partial charge in [-0.15, -0.1) is 0 Å². The summed E-state index contributed by atoms with van der Waals surface area (Å²) in [5.41, 5.74) is 0.402. The molecule has 2 aliphatic rings. The number of hydrogen-bond donors (Lipinski definition) is 0. The lowest BCUT2D eigenvalue weighted by Crippen LogP contribution is -2.34. The summed E-state index contributed by atoms with van der Waals surface area (Å²) in [5.74, 6) is 0. The Balaban J connectivity index is 2.01. The molecule has 1 saturated heterocycles. The van der Waals surface area contributed by atoms with Crippen molar-refractivity contribution in [2.75, 3.05) is 7.05 Å². The predicted molar refractivity (Wildman–Crippen MR) is 73.3 cm³/mol. The second-order valence-electron chi connectivity index (χ2n) is 5.73. The van der Waals surface area contributed by atoms with Gasteiger partial charge in [-0.3, -0.25) is 4.90 Å². The van der Waals surface area contributed by atoms with Crippen molar-refractivity contribution >= 4 is 5.57 Å². The van der Waals surface area contributed by atoms with E-state index in [0.717, 1.165) is 30.9 Å². The van der Waals surface area contributed by atoms with Crippen LogP contribution in [-0.2, 0) is 6.18 Å². The van der Waals surface area contributed by atoms with Gasteiger partial charge < -0.3 is 0 Å². The zero-order chi connectivity index (χ0) is 15.2. The number of nitrogens with zero attached hydrogens (tertiary/aromatic N) is 2. The van der Waals surface area contributed by atoms with Gasteiger partial charge in [-0.2, -0.15) is 18.4 Å². The molecule has 3 rings (SSSR count). The fraction of sp³-hybridized carbons (Fsp3) is 0.438. The van der Waals surface area contributed by atoms with Crippen LogP contribution in [-0.4, -0.2) is 24.0 Å². The lowest BCUT2D eigenvalue weighted by atomic mass is 9.92. The second kappa shape index (κ2) is 4.88. The molecule has 1 aromatic rings. The summed E-state index contributed by atoms with van der Waals surface area (Å²) in [4.78, 5) is 2.29. The van der Waals surface area contributed by atoms with E-state index < -0.39 is 11.7 Å². The van der Waals surface area contributed by atoms with Crippen molar-refractivity contribution in [2.45, 2.75) is 37.5 Å². The quantitative estimate of drug-likeness (QED) is 0.786. The van der Waals surface area contributed by atoms with Crippen molar-refractivity contribution < 1.29 is 13.2 Å². The molecule has 0 amide bonds. The van der Waals surface area contributed by atoms with Gasteiger partial charge in [0, 0.05) is 12.1 Å².